The maximum atomic E-state index is 12.4. The lowest BCUT2D eigenvalue weighted by atomic mass is 10.1. The van der Waals surface area contributed by atoms with Gasteiger partial charge in [0.05, 0.1) is 14.2 Å². The normalized spacial score (nSPS) is 14.5. The van der Waals surface area contributed by atoms with E-state index in [0.717, 1.165) is 50.5 Å². The lowest BCUT2D eigenvalue weighted by Crippen LogP contribution is -2.45. The Labute approximate surface area is 208 Å². The Balaban J connectivity index is 1.19. The number of nitrogens with one attached hydrogen (secondary N) is 1. The first-order chi connectivity index (χ1) is 17.1. The first-order valence-electron chi connectivity index (χ1n) is 12.2. The molecule has 1 amide bonds. The summed E-state index contributed by atoms with van der Waals surface area (Å²) < 4.78 is 10.6. The molecule has 1 saturated heterocycles. The highest BCUT2D eigenvalue weighted by molar-refractivity contribution is 5.90. The minimum atomic E-state index is 0.00192. The molecular weight excluding hydrogens is 438 g/mol. The van der Waals surface area contributed by atoms with Crippen molar-refractivity contribution in [3.8, 4) is 11.5 Å². The zero-order valence-corrected chi connectivity index (χ0v) is 20.7. The van der Waals surface area contributed by atoms with Crippen molar-refractivity contribution in [1.29, 1.82) is 0 Å². The minimum Gasteiger partial charge on any atom is -0.493 e. The molecule has 184 valence electrons. The number of benzene rings is 3. The molecule has 0 aromatic heterocycles. The van der Waals surface area contributed by atoms with Crippen molar-refractivity contribution in [1.82, 2.24) is 9.80 Å². The van der Waals surface area contributed by atoms with E-state index in [0.29, 0.717) is 24.3 Å². The van der Waals surface area contributed by atoms with Gasteiger partial charge in [-0.05, 0) is 47.4 Å². The Kier molecular flexibility index (Phi) is 8.76. The predicted octanol–water partition coefficient (Wildman–Crippen LogP) is 4.59. The van der Waals surface area contributed by atoms with Gasteiger partial charge in [-0.1, -0.05) is 48.5 Å². The minimum absolute atomic E-state index is 0.00192. The molecule has 0 aliphatic carbocycles. The summed E-state index contributed by atoms with van der Waals surface area (Å²) in [5.74, 6) is 1.37. The molecule has 3 aromatic rings. The van der Waals surface area contributed by atoms with E-state index in [1.165, 1.54) is 11.1 Å². The number of carbonyl (C=O) groups excluding carboxylic acids is 1. The quantitative estimate of drug-likeness (QED) is 0.467. The first kappa shape index (κ1) is 24.8. The summed E-state index contributed by atoms with van der Waals surface area (Å²) in [4.78, 5) is 17.5. The van der Waals surface area contributed by atoms with Gasteiger partial charge in [-0.15, -0.1) is 0 Å². The third kappa shape index (κ3) is 7.31. The number of hydrogen-bond donors (Lipinski definition) is 1. The molecule has 6 nitrogen and oxygen atoms in total. The van der Waals surface area contributed by atoms with Crippen molar-refractivity contribution >= 4 is 11.6 Å². The van der Waals surface area contributed by atoms with Crippen LogP contribution >= 0.6 is 0 Å². The summed E-state index contributed by atoms with van der Waals surface area (Å²) in [5, 5.41) is 3.01. The summed E-state index contributed by atoms with van der Waals surface area (Å²) in [5.41, 5.74) is 4.52. The van der Waals surface area contributed by atoms with Crippen LogP contribution in [0.2, 0.25) is 0 Å². The van der Waals surface area contributed by atoms with E-state index in [-0.39, 0.29) is 5.91 Å². The smallest absolute Gasteiger partial charge is 0.224 e. The largest absolute Gasteiger partial charge is 0.493 e. The third-order valence-electron chi connectivity index (χ3n) is 6.45. The van der Waals surface area contributed by atoms with Crippen LogP contribution in [0.5, 0.6) is 11.5 Å². The number of anilines is 1. The van der Waals surface area contributed by atoms with Gasteiger partial charge in [-0.2, -0.15) is 0 Å². The molecule has 35 heavy (non-hydrogen) atoms. The maximum absolute atomic E-state index is 12.4. The third-order valence-corrected chi connectivity index (χ3v) is 6.45. The van der Waals surface area contributed by atoms with Crippen LogP contribution in [0, 0.1) is 0 Å². The maximum Gasteiger partial charge on any atom is 0.224 e. The summed E-state index contributed by atoms with van der Waals surface area (Å²) in [7, 11) is 3.23. The molecule has 6 heteroatoms. The molecule has 1 fully saturated rings. The average Bonchev–Trinajstić information content (AvgIpc) is 2.90. The molecule has 0 unspecified atom stereocenters. The van der Waals surface area contributed by atoms with E-state index in [2.05, 4.69) is 57.6 Å². The van der Waals surface area contributed by atoms with E-state index in [4.69, 9.17) is 9.47 Å². The Morgan fingerprint density at radius 1 is 0.743 bits per heavy atom. The monoisotopic (exact) mass is 473 g/mol. The van der Waals surface area contributed by atoms with Crippen LogP contribution < -0.4 is 14.8 Å². The second-order valence-electron chi connectivity index (χ2n) is 8.97. The molecule has 0 spiro atoms. The van der Waals surface area contributed by atoms with Gasteiger partial charge in [0, 0.05) is 51.4 Å². The van der Waals surface area contributed by atoms with Crippen molar-refractivity contribution in [2.75, 3.05) is 45.7 Å². The van der Waals surface area contributed by atoms with Gasteiger partial charge in [0.1, 0.15) is 0 Å². The fraction of sp³-hybridized carbons (Fsp3) is 0.345. The molecular formula is C29H35N3O3. The number of nitrogens with zero attached hydrogens (tertiary/aromatic N) is 2. The molecule has 1 aliphatic rings. The van der Waals surface area contributed by atoms with Gasteiger partial charge in [0.15, 0.2) is 11.5 Å². The van der Waals surface area contributed by atoms with Crippen LogP contribution in [0.15, 0.2) is 72.8 Å². The number of amides is 1. The van der Waals surface area contributed by atoms with Crippen molar-refractivity contribution < 1.29 is 14.3 Å². The van der Waals surface area contributed by atoms with Crippen LogP contribution in [0.25, 0.3) is 0 Å². The van der Waals surface area contributed by atoms with Gasteiger partial charge in [0.2, 0.25) is 5.91 Å². The topological polar surface area (TPSA) is 54.0 Å². The molecule has 1 heterocycles. The van der Waals surface area contributed by atoms with Gasteiger partial charge < -0.3 is 14.8 Å². The summed E-state index contributed by atoms with van der Waals surface area (Å²) in [6.45, 7) is 6.27. The van der Waals surface area contributed by atoms with Crippen LogP contribution in [-0.4, -0.2) is 56.1 Å². The van der Waals surface area contributed by atoms with Gasteiger partial charge >= 0.3 is 0 Å². The summed E-state index contributed by atoms with van der Waals surface area (Å²) in [6.07, 6.45) is 1.05. The number of methoxy groups -OCH3 is 2. The fourth-order valence-corrected chi connectivity index (χ4v) is 4.42. The standard InChI is InChI=1S/C29H35N3O3/c1-34-27-14-10-23(20-28(27)35-2)11-15-29(33)30-26-12-8-25(9-13-26)22-32-18-16-31(17-19-32)21-24-6-4-3-5-7-24/h3-10,12-14,20H,11,15-19,21-22H2,1-2H3,(H,30,33). The van der Waals surface area contributed by atoms with Gasteiger partial charge in [0.25, 0.3) is 0 Å². The number of ether oxygens (including phenoxy) is 2. The van der Waals surface area contributed by atoms with Crippen LogP contribution in [0.4, 0.5) is 5.69 Å². The number of aryl methyl sites for hydroxylation is 1. The first-order valence-corrected chi connectivity index (χ1v) is 12.2. The Morgan fingerprint density at radius 2 is 1.31 bits per heavy atom. The van der Waals surface area contributed by atoms with Gasteiger partial charge in [-0.3, -0.25) is 14.6 Å². The summed E-state index contributed by atoms with van der Waals surface area (Å²) >= 11 is 0. The van der Waals surface area contributed by atoms with Crippen LogP contribution in [0.3, 0.4) is 0 Å². The van der Waals surface area contributed by atoms with E-state index < -0.39 is 0 Å². The lowest BCUT2D eigenvalue weighted by Gasteiger charge is -2.34. The number of hydrogen-bond acceptors (Lipinski definition) is 5. The molecule has 0 radical (unpaired) electrons. The van der Waals surface area contributed by atoms with E-state index >= 15 is 0 Å². The Hall–Kier alpha value is -3.35. The number of piperazine rings is 1. The zero-order chi connectivity index (χ0) is 24.5. The SMILES string of the molecule is COc1ccc(CCC(=O)Nc2ccc(CN3CCN(Cc4ccccc4)CC3)cc2)cc1OC. The van der Waals surface area contributed by atoms with Crippen molar-refractivity contribution in [3.05, 3.63) is 89.5 Å². The number of carbonyl (C=O) groups is 1. The second-order valence-corrected chi connectivity index (χ2v) is 8.97. The second kappa shape index (κ2) is 12.4. The lowest BCUT2D eigenvalue weighted by molar-refractivity contribution is -0.116. The Morgan fingerprint density at radius 3 is 1.91 bits per heavy atom. The predicted molar refractivity (Wildman–Crippen MR) is 140 cm³/mol. The van der Waals surface area contributed by atoms with Crippen molar-refractivity contribution in [3.63, 3.8) is 0 Å². The van der Waals surface area contributed by atoms with E-state index in [1.807, 2.05) is 30.3 Å². The molecule has 3 aromatic carbocycles. The molecule has 4 rings (SSSR count). The van der Waals surface area contributed by atoms with Crippen molar-refractivity contribution in [2.45, 2.75) is 25.9 Å². The summed E-state index contributed by atoms with van der Waals surface area (Å²) in [6, 6.07) is 24.6. The Bertz CT molecular complexity index is 1080. The highest BCUT2D eigenvalue weighted by Crippen LogP contribution is 2.28. The van der Waals surface area contributed by atoms with Crippen LogP contribution in [-0.2, 0) is 24.3 Å². The molecule has 0 bridgehead atoms. The highest BCUT2D eigenvalue weighted by Gasteiger charge is 2.17. The van der Waals surface area contributed by atoms with E-state index in [9.17, 15) is 4.79 Å². The molecule has 1 N–H and O–H groups in total. The van der Waals surface area contributed by atoms with Crippen LogP contribution in [0.1, 0.15) is 23.1 Å². The highest BCUT2D eigenvalue weighted by atomic mass is 16.5. The number of rotatable bonds is 10. The molecule has 1 aliphatic heterocycles. The average molecular weight is 474 g/mol. The van der Waals surface area contributed by atoms with Crippen molar-refractivity contribution in [2.24, 2.45) is 0 Å². The molecule has 0 saturated carbocycles. The zero-order valence-electron chi connectivity index (χ0n) is 20.7. The fourth-order valence-electron chi connectivity index (χ4n) is 4.42. The van der Waals surface area contributed by atoms with E-state index in [1.54, 1.807) is 14.2 Å². The molecule has 0 atom stereocenters. The van der Waals surface area contributed by atoms with Gasteiger partial charge in [-0.25, -0.2) is 0 Å².